The highest BCUT2D eigenvalue weighted by Crippen LogP contribution is 2.42. The zero-order valence-corrected chi connectivity index (χ0v) is 13.5. The maximum absolute atomic E-state index is 12.3. The highest BCUT2D eigenvalue weighted by Gasteiger charge is 2.35. The van der Waals surface area contributed by atoms with E-state index in [0.29, 0.717) is 17.3 Å². The Balaban J connectivity index is 2.00. The van der Waals surface area contributed by atoms with Gasteiger partial charge >= 0.3 is 0 Å². The number of carbonyl (C=O) groups is 1. The maximum atomic E-state index is 12.3. The predicted molar refractivity (Wildman–Crippen MR) is 85.0 cm³/mol. The molecule has 1 aromatic heterocycles. The second-order valence-corrected chi connectivity index (χ2v) is 6.78. The van der Waals surface area contributed by atoms with E-state index in [-0.39, 0.29) is 11.3 Å². The zero-order valence-electron chi connectivity index (χ0n) is 13.5. The van der Waals surface area contributed by atoms with Gasteiger partial charge in [0.25, 0.3) is 5.91 Å². The average molecular weight is 292 g/mol. The molecule has 118 valence electrons. The van der Waals surface area contributed by atoms with Gasteiger partial charge in [0.15, 0.2) is 5.69 Å². The third kappa shape index (κ3) is 3.77. The Labute approximate surface area is 127 Å². The number of aryl methyl sites for hydroxylation is 1. The Bertz CT molecular complexity index is 486. The van der Waals surface area contributed by atoms with Crippen molar-refractivity contribution >= 4 is 11.6 Å². The lowest BCUT2D eigenvalue weighted by molar-refractivity contribution is 0.0917. The summed E-state index contributed by atoms with van der Waals surface area (Å²) in [4.78, 5) is 12.3. The van der Waals surface area contributed by atoms with Gasteiger partial charge in [-0.3, -0.25) is 9.48 Å². The van der Waals surface area contributed by atoms with Gasteiger partial charge in [-0.15, -0.1) is 0 Å². The third-order valence-electron chi connectivity index (χ3n) is 4.46. The molecule has 1 amide bonds. The van der Waals surface area contributed by atoms with E-state index in [1.54, 1.807) is 10.9 Å². The van der Waals surface area contributed by atoms with E-state index in [4.69, 9.17) is 5.73 Å². The first-order chi connectivity index (χ1) is 9.96. The Morgan fingerprint density at radius 1 is 1.48 bits per heavy atom. The summed E-state index contributed by atoms with van der Waals surface area (Å²) >= 11 is 0. The lowest BCUT2D eigenvalue weighted by Gasteiger charge is -2.31. The van der Waals surface area contributed by atoms with E-state index in [0.717, 1.165) is 13.1 Å². The Kier molecular flexibility index (Phi) is 4.91. The van der Waals surface area contributed by atoms with Gasteiger partial charge in [-0.25, -0.2) is 0 Å². The van der Waals surface area contributed by atoms with Crippen molar-refractivity contribution in [2.45, 2.75) is 59.4 Å². The fraction of sp³-hybridized carbons (Fsp3) is 0.750. The Morgan fingerprint density at radius 3 is 2.67 bits per heavy atom. The molecule has 3 N–H and O–H groups in total. The minimum Gasteiger partial charge on any atom is -0.396 e. The van der Waals surface area contributed by atoms with Gasteiger partial charge in [-0.1, -0.05) is 26.7 Å². The molecule has 1 heterocycles. The number of carbonyl (C=O) groups excluding carboxylic acids is 1. The summed E-state index contributed by atoms with van der Waals surface area (Å²) in [5.41, 5.74) is 6.95. The molecule has 0 radical (unpaired) electrons. The molecule has 1 aliphatic carbocycles. The summed E-state index contributed by atoms with van der Waals surface area (Å²) < 4.78 is 1.70. The van der Waals surface area contributed by atoms with Crippen LogP contribution in [0.4, 0.5) is 5.69 Å². The summed E-state index contributed by atoms with van der Waals surface area (Å²) in [6.45, 7) is 7.94. The molecule has 1 fully saturated rings. The fourth-order valence-corrected chi connectivity index (χ4v) is 3.57. The van der Waals surface area contributed by atoms with E-state index >= 15 is 0 Å². The molecular formula is C16H28N4O. The molecule has 0 aliphatic heterocycles. The number of nitrogen functional groups attached to an aromatic ring is 1. The Morgan fingerprint density at radius 2 is 2.14 bits per heavy atom. The van der Waals surface area contributed by atoms with Crippen molar-refractivity contribution in [3.8, 4) is 0 Å². The van der Waals surface area contributed by atoms with Gasteiger partial charge in [0, 0.05) is 19.3 Å². The van der Waals surface area contributed by atoms with Crippen molar-refractivity contribution in [1.29, 1.82) is 0 Å². The van der Waals surface area contributed by atoms with Crippen molar-refractivity contribution < 1.29 is 4.79 Å². The monoisotopic (exact) mass is 292 g/mol. The minimum absolute atomic E-state index is 0.144. The smallest absolute Gasteiger partial charge is 0.273 e. The number of nitrogens with two attached hydrogens (primary N) is 1. The van der Waals surface area contributed by atoms with Crippen LogP contribution in [0.2, 0.25) is 0 Å². The largest absolute Gasteiger partial charge is 0.396 e. The van der Waals surface area contributed by atoms with Crippen molar-refractivity contribution in [3.05, 3.63) is 11.9 Å². The summed E-state index contributed by atoms with van der Waals surface area (Å²) in [6, 6.07) is 0. The molecule has 1 aliphatic rings. The second-order valence-electron chi connectivity index (χ2n) is 6.78. The van der Waals surface area contributed by atoms with Gasteiger partial charge in [0.2, 0.25) is 0 Å². The quantitative estimate of drug-likeness (QED) is 0.846. The molecule has 0 unspecified atom stereocenters. The lowest BCUT2D eigenvalue weighted by atomic mass is 9.78. The highest BCUT2D eigenvalue weighted by molar-refractivity contribution is 5.97. The van der Waals surface area contributed by atoms with E-state index in [1.807, 2.05) is 6.92 Å². The van der Waals surface area contributed by atoms with Gasteiger partial charge in [-0.05, 0) is 37.5 Å². The molecule has 1 saturated carbocycles. The fourth-order valence-electron chi connectivity index (χ4n) is 3.57. The molecule has 0 bridgehead atoms. The highest BCUT2D eigenvalue weighted by atomic mass is 16.2. The topological polar surface area (TPSA) is 72.9 Å². The average Bonchev–Trinajstić information content (AvgIpc) is 3.02. The molecule has 5 nitrogen and oxygen atoms in total. The van der Waals surface area contributed by atoms with E-state index in [9.17, 15) is 4.79 Å². The first kappa shape index (κ1) is 15.9. The van der Waals surface area contributed by atoms with Gasteiger partial charge in [0.05, 0.1) is 5.69 Å². The maximum Gasteiger partial charge on any atom is 0.273 e. The summed E-state index contributed by atoms with van der Waals surface area (Å²) in [7, 11) is 0. The minimum atomic E-state index is -0.144. The number of rotatable bonds is 6. The first-order valence-electron chi connectivity index (χ1n) is 8.07. The van der Waals surface area contributed by atoms with Crippen LogP contribution >= 0.6 is 0 Å². The summed E-state index contributed by atoms with van der Waals surface area (Å²) in [5, 5.41) is 7.31. The van der Waals surface area contributed by atoms with Crippen LogP contribution in [-0.4, -0.2) is 22.2 Å². The molecule has 0 spiro atoms. The van der Waals surface area contributed by atoms with Crippen LogP contribution in [-0.2, 0) is 6.54 Å². The van der Waals surface area contributed by atoms with Crippen LogP contribution in [0, 0.1) is 11.3 Å². The van der Waals surface area contributed by atoms with E-state index < -0.39 is 0 Å². The molecule has 5 heteroatoms. The third-order valence-corrected chi connectivity index (χ3v) is 4.46. The summed E-state index contributed by atoms with van der Waals surface area (Å²) in [5.74, 6) is 0.513. The normalized spacial score (nSPS) is 17.3. The van der Waals surface area contributed by atoms with Crippen LogP contribution in [0.3, 0.4) is 0 Å². The Hall–Kier alpha value is -1.52. The standard InChI is InChI=1S/C16H28N4O/c1-4-20-10-13(17)14(19-20)15(21)18-11-16(9-12(2)3)7-5-6-8-16/h10,12H,4-9,11,17H2,1-3H3,(H,18,21). The lowest BCUT2D eigenvalue weighted by Crippen LogP contribution is -2.37. The van der Waals surface area contributed by atoms with Crippen molar-refractivity contribution in [3.63, 3.8) is 0 Å². The van der Waals surface area contributed by atoms with E-state index in [1.165, 1.54) is 32.1 Å². The molecule has 2 rings (SSSR count). The number of anilines is 1. The van der Waals surface area contributed by atoms with Crippen LogP contribution in [0.5, 0.6) is 0 Å². The number of aromatic nitrogens is 2. The molecule has 0 aromatic carbocycles. The molecule has 0 atom stereocenters. The molecular weight excluding hydrogens is 264 g/mol. The second kappa shape index (κ2) is 6.50. The van der Waals surface area contributed by atoms with Crippen molar-refractivity contribution in [2.75, 3.05) is 12.3 Å². The number of nitrogens with one attached hydrogen (secondary N) is 1. The molecule has 1 aromatic rings. The first-order valence-corrected chi connectivity index (χ1v) is 8.07. The summed E-state index contributed by atoms with van der Waals surface area (Å²) in [6.07, 6.45) is 7.86. The number of amides is 1. The number of hydrogen-bond donors (Lipinski definition) is 2. The zero-order chi connectivity index (χ0) is 15.5. The van der Waals surface area contributed by atoms with E-state index in [2.05, 4.69) is 24.3 Å². The predicted octanol–water partition coefficient (Wildman–Crippen LogP) is 2.82. The van der Waals surface area contributed by atoms with Crippen LogP contribution < -0.4 is 11.1 Å². The SMILES string of the molecule is CCn1cc(N)c(C(=O)NCC2(CC(C)C)CCCC2)n1. The van der Waals surface area contributed by atoms with Gasteiger partial charge < -0.3 is 11.1 Å². The number of nitrogens with zero attached hydrogens (tertiary/aromatic N) is 2. The van der Waals surface area contributed by atoms with Gasteiger partial charge in [0.1, 0.15) is 0 Å². The van der Waals surface area contributed by atoms with Crippen LogP contribution in [0.1, 0.15) is 63.4 Å². The van der Waals surface area contributed by atoms with Crippen molar-refractivity contribution in [2.24, 2.45) is 11.3 Å². The molecule has 21 heavy (non-hydrogen) atoms. The van der Waals surface area contributed by atoms with Crippen molar-refractivity contribution in [1.82, 2.24) is 15.1 Å². The molecule has 0 saturated heterocycles. The van der Waals surface area contributed by atoms with Crippen LogP contribution in [0.15, 0.2) is 6.20 Å². The van der Waals surface area contributed by atoms with Crippen LogP contribution in [0.25, 0.3) is 0 Å². The van der Waals surface area contributed by atoms with Gasteiger partial charge in [-0.2, -0.15) is 5.10 Å². The number of hydrogen-bond acceptors (Lipinski definition) is 3.